The van der Waals surface area contributed by atoms with Gasteiger partial charge in [-0.1, -0.05) is 11.6 Å². The predicted molar refractivity (Wildman–Crippen MR) is 103 cm³/mol. The molecule has 1 amide bonds. The Bertz CT molecular complexity index is 961. The van der Waals surface area contributed by atoms with Crippen molar-refractivity contribution < 1.29 is 14.3 Å². The van der Waals surface area contributed by atoms with Crippen LogP contribution in [-0.4, -0.2) is 28.0 Å². The van der Waals surface area contributed by atoms with Crippen molar-refractivity contribution in [1.82, 2.24) is 9.55 Å². The quantitative estimate of drug-likeness (QED) is 0.535. The summed E-state index contributed by atoms with van der Waals surface area (Å²) in [6.45, 7) is 3.62. The average Bonchev–Trinajstić information content (AvgIpc) is 3.00. The predicted octanol–water partition coefficient (Wildman–Crippen LogP) is 3.94. The molecule has 2 heterocycles. The number of nitrogens with one attached hydrogen (secondary N) is 1. The molecule has 2 aromatic heterocycles. The molecule has 0 atom stereocenters. The fourth-order valence-electron chi connectivity index (χ4n) is 2.70. The number of aromatic nitrogens is 2. The van der Waals surface area contributed by atoms with Crippen molar-refractivity contribution in [2.24, 2.45) is 0 Å². The fraction of sp³-hybridized carbons (Fsp3) is 0.150. The minimum Gasteiger partial charge on any atom is -0.452 e. The third-order valence-electron chi connectivity index (χ3n) is 4.00. The van der Waals surface area contributed by atoms with E-state index >= 15 is 0 Å². The molecule has 0 fully saturated rings. The third kappa shape index (κ3) is 4.35. The van der Waals surface area contributed by atoms with Crippen molar-refractivity contribution in [3.05, 3.63) is 76.8 Å². The van der Waals surface area contributed by atoms with E-state index in [-0.39, 0.29) is 5.15 Å². The standard InChI is InChI=1S/C20H18ClN3O3/c1-13-5-6-14(2)24(13)16-9-7-15(8-10-16)20(26)27-12-18(25)23-17-4-3-11-22-19(17)21/h3-11H,12H2,1-2H3,(H,23,25). The summed E-state index contributed by atoms with van der Waals surface area (Å²) in [5, 5.41) is 2.71. The number of halogens is 1. The molecule has 0 saturated carbocycles. The Morgan fingerprint density at radius 1 is 1.07 bits per heavy atom. The van der Waals surface area contributed by atoms with Crippen LogP contribution < -0.4 is 5.32 Å². The maximum absolute atomic E-state index is 12.2. The summed E-state index contributed by atoms with van der Waals surface area (Å²) in [6.07, 6.45) is 1.51. The Kier molecular flexibility index (Phi) is 5.57. The Hall–Kier alpha value is -3.12. The highest BCUT2D eigenvalue weighted by Crippen LogP contribution is 2.18. The van der Waals surface area contributed by atoms with Gasteiger partial charge in [-0.15, -0.1) is 0 Å². The highest BCUT2D eigenvalue weighted by molar-refractivity contribution is 6.32. The molecule has 0 aliphatic carbocycles. The van der Waals surface area contributed by atoms with Crippen LogP contribution in [0.15, 0.2) is 54.7 Å². The molecule has 1 aromatic carbocycles. The Labute approximate surface area is 161 Å². The van der Waals surface area contributed by atoms with Crippen molar-refractivity contribution in [2.75, 3.05) is 11.9 Å². The summed E-state index contributed by atoms with van der Waals surface area (Å²) in [5.74, 6) is -1.07. The zero-order valence-corrected chi connectivity index (χ0v) is 15.7. The number of aryl methyl sites for hydroxylation is 2. The van der Waals surface area contributed by atoms with E-state index in [1.165, 1.54) is 6.20 Å². The van der Waals surface area contributed by atoms with Crippen molar-refractivity contribution in [1.29, 1.82) is 0 Å². The molecule has 0 saturated heterocycles. The minimum atomic E-state index is -0.574. The van der Waals surface area contributed by atoms with Gasteiger partial charge in [0.2, 0.25) is 0 Å². The van der Waals surface area contributed by atoms with Gasteiger partial charge in [0.1, 0.15) is 0 Å². The van der Waals surface area contributed by atoms with Crippen LogP contribution >= 0.6 is 11.6 Å². The smallest absolute Gasteiger partial charge is 0.338 e. The van der Waals surface area contributed by atoms with Gasteiger partial charge in [-0.2, -0.15) is 0 Å². The molecular weight excluding hydrogens is 366 g/mol. The fourth-order valence-corrected chi connectivity index (χ4v) is 2.87. The number of amides is 1. The lowest BCUT2D eigenvalue weighted by Gasteiger charge is -2.10. The number of ether oxygens (including phenoxy) is 1. The topological polar surface area (TPSA) is 73.2 Å². The van der Waals surface area contributed by atoms with Gasteiger partial charge in [0.15, 0.2) is 11.8 Å². The summed E-state index contributed by atoms with van der Waals surface area (Å²) < 4.78 is 7.14. The summed E-state index contributed by atoms with van der Waals surface area (Å²) >= 11 is 5.87. The van der Waals surface area contributed by atoms with E-state index in [0.717, 1.165) is 17.1 Å². The summed E-state index contributed by atoms with van der Waals surface area (Å²) in [7, 11) is 0. The van der Waals surface area contributed by atoms with Crippen molar-refractivity contribution in [3.8, 4) is 5.69 Å². The molecule has 0 spiro atoms. The van der Waals surface area contributed by atoms with Crippen LogP contribution in [0.5, 0.6) is 0 Å². The monoisotopic (exact) mass is 383 g/mol. The van der Waals surface area contributed by atoms with Crippen molar-refractivity contribution in [2.45, 2.75) is 13.8 Å². The van der Waals surface area contributed by atoms with Crippen molar-refractivity contribution >= 4 is 29.2 Å². The lowest BCUT2D eigenvalue weighted by Crippen LogP contribution is -2.21. The van der Waals surface area contributed by atoms with Gasteiger partial charge in [0.25, 0.3) is 5.91 Å². The molecule has 6 nitrogen and oxygen atoms in total. The molecule has 0 unspecified atom stereocenters. The second kappa shape index (κ2) is 8.05. The number of carbonyl (C=O) groups is 2. The van der Waals surface area contributed by atoms with E-state index in [9.17, 15) is 9.59 Å². The second-order valence-electron chi connectivity index (χ2n) is 5.96. The summed E-state index contributed by atoms with van der Waals surface area (Å²) in [5.41, 5.74) is 3.90. The number of nitrogens with zero attached hydrogens (tertiary/aromatic N) is 2. The maximum atomic E-state index is 12.2. The first-order valence-electron chi connectivity index (χ1n) is 8.28. The van der Waals surface area contributed by atoms with E-state index in [0.29, 0.717) is 11.3 Å². The SMILES string of the molecule is Cc1ccc(C)n1-c1ccc(C(=O)OCC(=O)Nc2cccnc2Cl)cc1. The van der Waals surface area contributed by atoms with Gasteiger partial charge in [-0.3, -0.25) is 4.79 Å². The van der Waals surface area contributed by atoms with Crippen LogP contribution in [0, 0.1) is 13.8 Å². The van der Waals surface area contributed by atoms with Crippen molar-refractivity contribution in [3.63, 3.8) is 0 Å². The third-order valence-corrected chi connectivity index (χ3v) is 4.30. The molecule has 3 aromatic rings. The largest absolute Gasteiger partial charge is 0.452 e. The summed E-state index contributed by atoms with van der Waals surface area (Å²) in [4.78, 5) is 27.9. The second-order valence-corrected chi connectivity index (χ2v) is 6.32. The van der Waals surface area contributed by atoms with E-state index in [2.05, 4.69) is 14.9 Å². The first-order chi connectivity index (χ1) is 13.0. The van der Waals surface area contributed by atoms with E-state index in [1.807, 2.05) is 38.1 Å². The maximum Gasteiger partial charge on any atom is 0.338 e. The number of esters is 1. The molecule has 0 bridgehead atoms. The van der Waals surface area contributed by atoms with Gasteiger partial charge in [-0.25, -0.2) is 9.78 Å². The summed E-state index contributed by atoms with van der Waals surface area (Å²) in [6, 6.07) is 14.3. The highest BCUT2D eigenvalue weighted by Gasteiger charge is 2.12. The van der Waals surface area contributed by atoms with Gasteiger partial charge in [0.05, 0.1) is 11.3 Å². The van der Waals surface area contributed by atoms with Gasteiger partial charge in [0, 0.05) is 23.3 Å². The van der Waals surface area contributed by atoms with E-state index in [4.69, 9.17) is 16.3 Å². The number of hydrogen-bond acceptors (Lipinski definition) is 4. The number of benzene rings is 1. The average molecular weight is 384 g/mol. The van der Waals surface area contributed by atoms with Gasteiger partial charge < -0.3 is 14.6 Å². The molecular formula is C20H18ClN3O3. The molecule has 27 heavy (non-hydrogen) atoms. The lowest BCUT2D eigenvalue weighted by molar-refractivity contribution is -0.119. The van der Waals surface area contributed by atoms with E-state index < -0.39 is 18.5 Å². The molecule has 7 heteroatoms. The molecule has 0 aliphatic rings. The first-order valence-corrected chi connectivity index (χ1v) is 8.66. The Balaban J connectivity index is 1.60. The molecule has 138 valence electrons. The first kappa shape index (κ1) is 18.7. The molecule has 1 N–H and O–H groups in total. The van der Waals surface area contributed by atoms with Crippen LogP contribution in [0.4, 0.5) is 5.69 Å². The normalized spacial score (nSPS) is 10.5. The van der Waals surface area contributed by atoms with E-state index in [1.54, 1.807) is 24.3 Å². The molecule has 0 aliphatic heterocycles. The van der Waals surface area contributed by atoms with Crippen LogP contribution in [0.1, 0.15) is 21.7 Å². The number of pyridine rings is 1. The van der Waals surface area contributed by atoms with Crippen LogP contribution in [0.2, 0.25) is 5.15 Å². The van der Waals surface area contributed by atoms with Gasteiger partial charge in [-0.05, 0) is 62.4 Å². The number of hydrogen-bond donors (Lipinski definition) is 1. The highest BCUT2D eigenvalue weighted by atomic mass is 35.5. The van der Waals surface area contributed by atoms with Crippen LogP contribution in [-0.2, 0) is 9.53 Å². The van der Waals surface area contributed by atoms with Gasteiger partial charge >= 0.3 is 5.97 Å². The Morgan fingerprint density at radius 2 is 1.74 bits per heavy atom. The van der Waals surface area contributed by atoms with Crippen LogP contribution in [0.25, 0.3) is 5.69 Å². The number of rotatable bonds is 5. The number of anilines is 1. The number of carbonyl (C=O) groups excluding carboxylic acids is 2. The molecule has 0 radical (unpaired) electrons. The Morgan fingerprint density at radius 3 is 2.37 bits per heavy atom. The minimum absolute atomic E-state index is 0.170. The molecule has 3 rings (SSSR count). The van der Waals surface area contributed by atoms with Crippen LogP contribution in [0.3, 0.4) is 0 Å². The lowest BCUT2D eigenvalue weighted by atomic mass is 10.2. The zero-order chi connectivity index (χ0) is 19.4. The zero-order valence-electron chi connectivity index (χ0n) is 14.9.